The van der Waals surface area contributed by atoms with Gasteiger partial charge in [-0.15, -0.1) is 0 Å². The van der Waals surface area contributed by atoms with Crippen LogP contribution in [0.3, 0.4) is 0 Å². The molecular formula is C42H67NO7. The molecule has 0 aromatic heterocycles. The zero-order valence-electron chi connectivity index (χ0n) is 31.1. The van der Waals surface area contributed by atoms with Crippen molar-refractivity contribution < 1.29 is 34.4 Å². The molecule has 0 spiro atoms. The molecule has 8 nitrogen and oxygen atoms in total. The summed E-state index contributed by atoms with van der Waals surface area (Å²) in [4.78, 5) is 35.6. The molecule has 0 saturated heterocycles. The second kappa shape index (κ2) is 30.3. The molecule has 0 heterocycles. The molecule has 282 valence electrons. The molecule has 1 amide bonds. The maximum Gasteiger partial charge on any atom is 0.328 e. The lowest BCUT2D eigenvalue weighted by Crippen LogP contribution is -2.43. The third-order valence-corrected chi connectivity index (χ3v) is 8.81. The van der Waals surface area contributed by atoms with Crippen LogP contribution in [0.4, 0.5) is 0 Å². The van der Waals surface area contributed by atoms with Gasteiger partial charge >= 0.3 is 11.9 Å². The normalized spacial score (nSPS) is 11.3. The lowest BCUT2D eigenvalue weighted by Gasteiger charge is -2.18. The largest absolute Gasteiger partial charge is 0.508 e. The highest BCUT2D eigenvalue weighted by molar-refractivity contribution is 5.84. The number of carbonyl (C=O) groups is 3. The van der Waals surface area contributed by atoms with Crippen molar-refractivity contribution in [1.82, 2.24) is 5.32 Å². The van der Waals surface area contributed by atoms with Crippen molar-refractivity contribution in [3.8, 4) is 11.5 Å². The van der Waals surface area contributed by atoms with Crippen molar-refractivity contribution in [2.75, 3.05) is 6.61 Å². The third-order valence-electron chi connectivity index (χ3n) is 8.81. The number of phenolic OH excluding ortho intramolecular Hbond substituents is 2. The fraction of sp³-hybridized carbons (Fsp3) is 0.643. The van der Waals surface area contributed by atoms with Crippen molar-refractivity contribution in [2.24, 2.45) is 0 Å². The summed E-state index contributed by atoms with van der Waals surface area (Å²) in [6.07, 6.45) is 24.6. The Morgan fingerprint density at radius 2 is 1.00 bits per heavy atom. The van der Waals surface area contributed by atoms with Crippen molar-refractivity contribution in [1.29, 1.82) is 0 Å². The van der Waals surface area contributed by atoms with E-state index in [-0.39, 0.29) is 23.8 Å². The summed E-state index contributed by atoms with van der Waals surface area (Å²) in [5, 5.41) is 30.2. The number of carbonyl (C=O) groups excluding carboxylic acids is 2. The summed E-state index contributed by atoms with van der Waals surface area (Å²) in [6, 6.07) is 12.5. The van der Waals surface area contributed by atoms with Gasteiger partial charge in [0.2, 0.25) is 5.91 Å². The Labute approximate surface area is 302 Å². The van der Waals surface area contributed by atoms with Gasteiger partial charge in [-0.2, -0.15) is 0 Å². The number of esters is 1. The standard InChI is InChI=1S/C30H43NO5.C12H24O2/c1-2-3-4-5-6-7-8-9-10-11-22-36-30(35)28(23-25-14-19-27(33)20-15-25)31-29(34)21-16-24-12-17-26(32)18-13-24;1-2-3-4-5-6-7-8-9-10-11-12(13)14/h12-15,17-20,28,32-33H,2-11,16,21-23H2,1H3,(H,31,34);2-11H2,1H3,(H,13,14)/t28-;/m0./s1. The average Bonchev–Trinajstić information content (AvgIpc) is 3.10. The smallest absolute Gasteiger partial charge is 0.328 e. The summed E-state index contributed by atoms with van der Waals surface area (Å²) in [5.74, 6) is -0.994. The number of phenols is 2. The van der Waals surface area contributed by atoms with Gasteiger partial charge in [0, 0.05) is 19.3 Å². The molecule has 0 radical (unpaired) electrons. The maximum atomic E-state index is 12.8. The van der Waals surface area contributed by atoms with Crippen LogP contribution in [0.2, 0.25) is 0 Å². The van der Waals surface area contributed by atoms with E-state index in [1.165, 1.54) is 89.9 Å². The Kier molecular flexibility index (Phi) is 26.9. The third kappa shape index (κ3) is 25.4. The van der Waals surface area contributed by atoms with E-state index in [9.17, 15) is 24.6 Å². The average molecular weight is 698 g/mol. The zero-order chi connectivity index (χ0) is 36.7. The molecule has 1 atom stereocenters. The first-order valence-electron chi connectivity index (χ1n) is 19.5. The molecule has 0 unspecified atom stereocenters. The van der Waals surface area contributed by atoms with Gasteiger partial charge in [-0.3, -0.25) is 9.59 Å². The van der Waals surface area contributed by atoms with Crippen molar-refractivity contribution in [3.63, 3.8) is 0 Å². The van der Waals surface area contributed by atoms with E-state index >= 15 is 0 Å². The minimum Gasteiger partial charge on any atom is -0.508 e. The van der Waals surface area contributed by atoms with E-state index in [0.29, 0.717) is 25.9 Å². The molecule has 2 rings (SSSR count). The van der Waals surface area contributed by atoms with Crippen molar-refractivity contribution >= 4 is 17.8 Å². The molecule has 4 N–H and O–H groups in total. The van der Waals surface area contributed by atoms with Gasteiger partial charge in [-0.05, 0) is 54.7 Å². The first-order chi connectivity index (χ1) is 24.2. The van der Waals surface area contributed by atoms with Crippen LogP contribution in [0.15, 0.2) is 48.5 Å². The SMILES string of the molecule is CCCCCCCCCCCC(=O)O.CCCCCCCCCCCCOC(=O)[C@H](Cc1ccc(O)cc1)NC(=O)CCc1ccc(O)cc1. The van der Waals surface area contributed by atoms with E-state index in [1.807, 2.05) is 0 Å². The van der Waals surface area contributed by atoms with E-state index in [4.69, 9.17) is 9.84 Å². The summed E-state index contributed by atoms with van der Waals surface area (Å²) < 4.78 is 5.52. The van der Waals surface area contributed by atoms with Crippen LogP contribution in [-0.2, 0) is 32.0 Å². The number of nitrogens with one attached hydrogen (secondary N) is 1. The zero-order valence-corrected chi connectivity index (χ0v) is 31.1. The number of carboxylic acid groups (broad SMARTS) is 1. The molecule has 2 aromatic rings. The van der Waals surface area contributed by atoms with Crippen molar-refractivity contribution in [3.05, 3.63) is 59.7 Å². The lowest BCUT2D eigenvalue weighted by molar-refractivity contribution is -0.148. The summed E-state index contributed by atoms with van der Waals surface area (Å²) in [6.45, 7) is 4.81. The highest BCUT2D eigenvalue weighted by atomic mass is 16.5. The van der Waals surface area contributed by atoms with Gasteiger partial charge in [0.15, 0.2) is 0 Å². The Morgan fingerprint density at radius 1 is 0.580 bits per heavy atom. The Balaban J connectivity index is 0.000000751. The minimum atomic E-state index is -0.787. The number of unbranched alkanes of at least 4 members (excludes halogenated alkanes) is 17. The molecule has 0 saturated carbocycles. The van der Waals surface area contributed by atoms with Gasteiger partial charge in [0.25, 0.3) is 0 Å². The molecule has 0 aliphatic carbocycles. The number of aromatic hydroxyl groups is 2. The number of aliphatic carboxylic acids is 1. The Hall–Kier alpha value is -3.55. The molecule has 0 fully saturated rings. The van der Waals surface area contributed by atoms with Crippen LogP contribution in [0.1, 0.15) is 160 Å². The minimum absolute atomic E-state index is 0.150. The van der Waals surface area contributed by atoms with Gasteiger partial charge in [-0.1, -0.05) is 147 Å². The second-order valence-corrected chi connectivity index (χ2v) is 13.5. The van der Waals surface area contributed by atoms with E-state index in [2.05, 4.69) is 19.2 Å². The molecule has 0 bridgehead atoms. The van der Waals surface area contributed by atoms with Gasteiger partial charge in [0.05, 0.1) is 6.61 Å². The topological polar surface area (TPSA) is 133 Å². The van der Waals surface area contributed by atoms with Gasteiger partial charge in [0.1, 0.15) is 17.5 Å². The van der Waals surface area contributed by atoms with Gasteiger partial charge < -0.3 is 25.4 Å². The predicted octanol–water partition coefficient (Wildman–Crippen LogP) is 10.2. The van der Waals surface area contributed by atoms with E-state index in [0.717, 1.165) is 43.2 Å². The highest BCUT2D eigenvalue weighted by Gasteiger charge is 2.23. The summed E-state index contributed by atoms with van der Waals surface area (Å²) in [7, 11) is 0. The number of rotatable bonds is 28. The van der Waals surface area contributed by atoms with Crippen LogP contribution < -0.4 is 5.32 Å². The number of amides is 1. The fourth-order valence-corrected chi connectivity index (χ4v) is 5.70. The number of carboxylic acids is 1. The first kappa shape index (κ1) is 44.5. The van der Waals surface area contributed by atoms with Crippen LogP contribution in [-0.4, -0.2) is 45.8 Å². The molecule has 0 aliphatic rings. The molecule has 2 aromatic carbocycles. The Morgan fingerprint density at radius 3 is 1.46 bits per heavy atom. The number of hydrogen-bond acceptors (Lipinski definition) is 6. The first-order valence-corrected chi connectivity index (χ1v) is 19.5. The predicted molar refractivity (Wildman–Crippen MR) is 202 cm³/mol. The monoisotopic (exact) mass is 697 g/mol. The van der Waals surface area contributed by atoms with E-state index in [1.54, 1.807) is 48.5 Å². The molecule has 50 heavy (non-hydrogen) atoms. The second-order valence-electron chi connectivity index (χ2n) is 13.5. The number of ether oxygens (including phenoxy) is 1. The maximum absolute atomic E-state index is 12.8. The number of aryl methyl sites for hydroxylation is 1. The summed E-state index contributed by atoms with van der Waals surface area (Å²) >= 11 is 0. The summed E-state index contributed by atoms with van der Waals surface area (Å²) in [5.41, 5.74) is 1.76. The molecule has 0 aliphatic heterocycles. The number of benzene rings is 2. The quantitative estimate of drug-likeness (QED) is 0.0514. The van der Waals surface area contributed by atoms with Crippen LogP contribution >= 0.6 is 0 Å². The van der Waals surface area contributed by atoms with Crippen LogP contribution in [0, 0.1) is 0 Å². The molecular weight excluding hydrogens is 630 g/mol. The van der Waals surface area contributed by atoms with Crippen molar-refractivity contribution in [2.45, 2.75) is 168 Å². The van der Waals surface area contributed by atoms with Crippen LogP contribution in [0.5, 0.6) is 11.5 Å². The Bertz CT molecular complexity index is 1130. The van der Waals surface area contributed by atoms with Crippen LogP contribution in [0.25, 0.3) is 0 Å². The number of hydrogen-bond donors (Lipinski definition) is 4. The lowest BCUT2D eigenvalue weighted by atomic mass is 10.0. The highest BCUT2D eigenvalue weighted by Crippen LogP contribution is 2.15. The van der Waals surface area contributed by atoms with Gasteiger partial charge in [-0.25, -0.2) is 4.79 Å². The van der Waals surface area contributed by atoms with E-state index < -0.39 is 18.0 Å². The molecule has 8 heteroatoms. The fourth-order valence-electron chi connectivity index (χ4n) is 5.70.